The third-order valence-corrected chi connectivity index (χ3v) is 3.22. The third-order valence-electron chi connectivity index (χ3n) is 3.22. The van der Waals surface area contributed by atoms with E-state index in [0.717, 1.165) is 16.9 Å². The number of rotatable bonds is 5. The molecule has 6 heteroatoms. The molecule has 6 nitrogen and oxygen atoms in total. The largest absolute Gasteiger partial charge is 0.444 e. The maximum atomic E-state index is 11.8. The van der Waals surface area contributed by atoms with Gasteiger partial charge in [-0.05, 0) is 38.5 Å². The SMILES string of the molecule is Cn1nccc1CNc1ccccc1CNC(=O)OC(C)(C)C. The van der Waals surface area contributed by atoms with Gasteiger partial charge in [0.15, 0.2) is 0 Å². The molecule has 0 aliphatic carbocycles. The monoisotopic (exact) mass is 316 g/mol. The molecule has 0 unspecified atom stereocenters. The van der Waals surface area contributed by atoms with E-state index in [2.05, 4.69) is 15.7 Å². The van der Waals surface area contributed by atoms with Crippen LogP contribution >= 0.6 is 0 Å². The lowest BCUT2D eigenvalue weighted by molar-refractivity contribution is 0.0523. The number of aromatic nitrogens is 2. The zero-order valence-electron chi connectivity index (χ0n) is 14.1. The van der Waals surface area contributed by atoms with Crippen LogP contribution in [-0.2, 0) is 24.9 Å². The number of anilines is 1. The van der Waals surface area contributed by atoms with Crippen LogP contribution in [0.3, 0.4) is 0 Å². The summed E-state index contributed by atoms with van der Waals surface area (Å²) in [6.07, 6.45) is 1.35. The number of nitrogens with one attached hydrogen (secondary N) is 2. The molecule has 0 aliphatic heterocycles. The van der Waals surface area contributed by atoms with Gasteiger partial charge >= 0.3 is 6.09 Å². The number of para-hydroxylation sites is 1. The number of hydrogen-bond donors (Lipinski definition) is 2. The van der Waals surface area contributed by atoms with Gasteiger partial charge in [0, 0.05) is 25.5 Å². The normalized spacial score (nSPS) is 11.1. The van der Waals surface area contributed by atoms with Crippen molar-refractivity contribution in [3.05, 3.63) is 47.8 Å². The molecule has 0 aliphatic rings. The number of carbonyl (C=O) groups excluding carboxylic acids is 1. The van der Waals surface area contributed by atoms with Gasteiger partial charge in [-0.1, -0.05) is 18.2 Å². The topological polar surface area (TPSA) is 68.2 Å². The van der Waals surface area contributed by atoms with Crippen molar-refractivity contribution >= 4 is 11.8 Å². The van der Waals surface area contributed by atoms with E-state index in [4.69, 9.17) is 4.74 Å². The van der Waals surface area contributed by atoms with Crippen molar-refractivity contribution < 1.29 is 9.53 Å². The molecule has 1 aromatic heterocycles. The Balaban J connectivity index is 1.95. The summed E-state index contributed by atoms with van der Waals surface area (Å²) < 4.78 is 7.08. The molecule has 0 atom stereocenters. The molecule has 0 radical (unpaired) electrons. The van der Waals surface area contributed by atoms with Gasteiger partial charge in [-0.25, -0.2) is 4.79 Å². The zero-order chi connectivity index (χ0) is 16.9. The molecule has 0 spiro atoms. The molecule has 1 aromatic carbocycles. The highest BCUT2D eigenvalue weighted by molar-refractivity contribution is 5.68. The first-order valence-electron chi connectivity index (χ1n) is 7.60. The predicted molar refractivity (Wildman–Crippen MR) is 90.1 cm³/mol. The number of benzene rings is 1. The standard InChI is InChI=1S/C17H24N4O2/c1-17(2,3)23-16(22)19-11-13-7-5-6-8-15(13)18-12-14-9-10-20-21(14)4/h5-10,18H,11-12H2,1-4H3,(H,19,22). The van der Waals surface area contributed by atoms with Crippen LogP contribution in [-0.4, -0.2) is 21.5 Å². The molecule has 2 N–H and O–H groups in total. The predicted octanol–water partition coefficient (Wildman–Crippen LogP) is 3.06. The van der Waals surface area contributed by atoms with Crippen molar-refractivity contribution in [1.29, 1.82) is 0 Å². The minimum absolute atomic E-state index is 0.406. The molecule has 23 heavy (non-hydrogen) atoms. The maximum Gasteiger partial charge on any atom is 0.407 e. The summed E-state index contributed by atoms with van der Waals surface area (Å²) in [5, 5.41) is 10.3. The number of amides is 1. The van der Waals surface area contributed by atoms with Crippen LogP contribution in [0.4, 0.5) is 10.5 Å². The van der Waals surface area contributed by atoms with Crippen molar-refractivity contribution in [2.24, 2.45) is 7.05 Å². The molecule has 0 bridgehead atoms. The van der Waals surface area contributed by atoms with Gasteiger partial charge in [0.1, 0.15) is 5.60 Å². The summed E-state index contributed by atoms with van der Waals surface area (Å²) in [7, 11) is 1.91. The van der Waals surface area contributed by atoms with Crippen LogP contribution in [0.1, 0.15) is 32.0 Å². The van der Waals surface area contributed by atoms with Gasteiger partial charge in [-0.15, -0.1) is 0 Å². The average Bonchev–Trinajstić information content (AvgIpc) is 2.87. The third kappa shape index (κ3) is 5.32. The summed E-state index contributed by atoms with van der Waals surface area (Å²) in [6.45, 7) is 6.60. The molecule has 2 rings (SSSR count). The van der Waals surface area contributed by atoms with E-state index in [1.54, 1.807) is 6.20 Å². The first-order valence-corrected chi connectivity index (χ1v) is 7.60. The summed E-state index contributed by atoms with van der Waals surface area (Å²) in [4.78, 5) is 11.8. The Bertz CT molecular complexity index is 659. The van der Waals surface area contributed by atoms with E-state index in [0.29, 0.717) is 13.1 Å². The highest BCUT2D eigenvalue weighted by Gasteiger charge is 2.16. The number of ether oxygens (including phenoxy) is 1. The molecule has 1 heterocycles. The number of nitrogens with zero attached hydrogens (tertiary/aromatic N) is 2. The second kappa shape index (κ2) is 7.17. The van der Waals surface area contributed by atoms with E-state index in [-0.39, 0.29) is 0 Å². The Morgan fingerprint density at radius 1 is 1.22 bits per heavy atom. The first-order chi connectivity index (χ1) is 10.8. The van der Waals surface area contributed by atoms with Crippen LogP contribution in [0, 0.1) is 0 Å². The summed E-state index contributed by atoms with van der Waals surface area (Å²) in [5.41, 5.74) is 2.56. The van der Waals surface area contributed by atoms with Crippen molar-refractivity contribution in [3.63, 3.8) is 0 Å². The molecular formula is C17H24N4O2. The number of alkyl carbamates (subject to hydrolysis) is 1. The smallest absolute Gasteiger partial charge is 0.407 e. The zero-order valence-corrected chi connectivity index (χ0v) is 14.1. The van der Waals surface area contributed by atoms with Crippen LogP contribution < -0.4 is 10.6 Å². The molecule has 0 saturated heterocycles. The van der Waals surface area contributed by atoms with Gasteiger partial charge in [0.05, 0.1) is 12.2 Å². The summed E-state index contributed by atoms with van der Waals surface area (Å²) in [5.74, 6) is 0. The Morgan fingerprint density at radius 2 is 1.96 bits per heavy atom. The van der Waals surface area contributed by atoms with Gasteiger partial charge in [-0.3, -0.25) is 4.68 Å². The highest BCUT2D eigenvalue weighted by Crippen LogP contribution is 2.16. The minimum Gasteiger partial charge on any atom is -0.444 e. The lowest BCUT2D eigenvalue weighted by Gasteiger charge is -2.20. The van der Waals surface area contributed by atoms with E-state index in [1.807, 2.05) is 62.8 Å². The van der Waals surface area contributed by atoms with E-state index in [9.17, 15) is 4.79 Å². The van der Waals surface area contributed by atoms with Crippen LogP contribution in [0.5, 0.6) is 0 Å². The number of aryl methyl sites for hydroxylation is 1. The first kappa shape index (κ1) is 16.9. The van der Waals surface area contributed by atoms with Crippen LogP contribution in [0.2, 0.25) is 0 Å². The fourth-order valence-corrected chi connectivity index (χ4v) is 2.09. The van der Waals surface area contributed by atoms with Gasteiger partial charge < -0.3 is 15.4 Å². The van der Waals surface area contributed by atoms with Crippen molar-refractivity contribution in [1.82, 2.24) is 15.1 Å². The van der Waals surface area contributed by atoms with Gasteiger partial charge in [-0.2, -0.15) is 5.10 Å². The van der Waals surface area contributed by atoms with E-state index < -0.39 is 11.7 Å². The molecule has 2 aromatic rings. The van der Waals surface area contributed by atoms with Crippen LogP contribution in [0.15, 0.2) is 36.5 Å². The van der Waals surface area contributed by atoms with Gasteiger partial charge in [0.2, 0.25) is 0 Å². The molecule has 1 amide bonds. The lowest BCUT2D eigenvalue weighted by atomic mass is 10.1. The minimum atomic E-state index is -0.499. The highest BCUT2D eigenvalue weighted by atomic mass is 16.6. The quantitative estimate of drug-likeness (QED) is 0.889. The van der Waals surface area contributed by atoms with Gasteiger partial charge in [0.25, 0.3) is 0 Å². The molecule has 124 valence electrons. The number of carbonyl (C=O) groups is 1. The van der Waals surface area contributed by atoms with Crippen molar-refractivity contribution in [2.75, 3.05) is 5.32 Å². The lowest BCUT2D eigenvalue weighted by Crippen LogP contribution is -2.32. The Hall–Kier alpha value is -2.50. The molecule has 0 saturated carbocycles. The molecule has 0 fully saturated rings. The fraction of sp³-hybridized carbons (Fsp3) is 0.412. The maximum absolute atomic E-state index is 11.8. The summed E-state index contributed by atoms with van der Waals surface area (Å²) in [6, 6.07) is 9.84. The Morgan fingerprint density at radius 3 is 2.61 bits per heavy atom. The molecular weight excluding hydrogens is 292 g/mol. The van der Waals surface area contributed by atoms with Crippen molar-refractivity contribution in [3.8, 4) is 0 Å². The Kier molecular flexibility index (Phi) is 5.26. The van der Waals surface area contributed by atoms with E-state index >= 15 is 0 Å². The van der Waals surface area contributed by atoms with E-state index in [1.165, 1.54) is 0 Å². The van der Waals surface area contributed by atoms with Crippen molar-refractivity contribution in [2.45, 2.75) is 39.5 Å². The fourth-order valence-electron chi connectivity index (χ4n) is 2.09. The Labute approximate surface area is 136 Å². The average molecular weight is 316 g/mol. The van der Waals surface area contributed by atoms with Crippen LogP contribution in [0.25, 0.3) is 0 Å². The second-order valence-electron chi connectivity index (χ2n) is 6.31. The number of hydrogen-bond acceptors (Lipinski definition) is 4. The second-order valence-corrected chi connectivity index (χ2v) is 6.31. The summed E-state index contributed by atoms with van der Waals surface area (Å²) >= 11 is 0.